The van der Waals surface area contributed by atoms with Gasteiger partial charge >= 0.3 is 0 Å². The van der Waals surface area contributed by atoms with E-state index in [0.29, 0.717) is 6.54 Å². The van der Waals surface area contributed by atoms with E-state index in [4.69, 9.17) is 0 Å². The summed E-state index contributed by atoms with van der Waals surface area (Å²) in [5.74, 6) is -0.614. The molecule has 2 aromatic carbocycles. The zero-order valence-electron chi connectivity index (χ0n) is 18.7. The van der Waals surface area contributed by atoms with Gasteiger partial charge < -0.3 is 5.32 Å². The number of carbonyl (C=O) groups is 1. The molecule has 1 amide bonds. The summed E-state index contributed by atoms with van der Waals surface area (Å²) in [6.45, 7) is 2.59. The fourth-order valence-electron chi connectivity index (χ4n) is 4.42. The highest BCUT2D eigenvalue weighted by molar-refractivity contribution is 5.87. The maximum absolute atomic E-state index is 13.5. The molecule has 0 radical (unpaired) electrons. The Kier molecular flexibility index (Phi) is 6.97. The lowest BCUT2D eigenvalue weighted by Crippen LogP contribution is -2.22. The number of allylic oxidation sites excluding steroid dienone is 1. The molecule has 0 bridgehead atoms. The highest BCUT2D eigenvalue weighted by atomic mass is 19.1. The molecular formula is C28H28F2N2O. The first-order chi connectivity index (χ1) is 16.0. The lowest BCUT2D eigenvalue weighted by molar-refractivity contribution is -0.116. The number of amides is 1. The third-order valence-electron chi connectivity index (χ3n) is 6.38. The molecule has 33 heavy (non-hydrogen) atoms. The van der Waals surface area contributed by atoms with Crippen molar-refractivity contribution in [1.29, 1.82) is 0 Å². The van der Waals surface area contributed by atoms with Crippen molar-refractivity contribution < 1.29 is 13.6 Å². The van der Waals surface area contributed by atoms with Gasteiger partial charge in [0.1, 0.15) is 11.6 Å². The Hall–Kier alpha value is -3.34. The van der Waals surface area contributed by atoms with Crippen molar-refractivity contribution in [2.24, 2.45) is 5.92 Å². The fourth-order valence-corrected chi connectivity index (χ4v) is 4.42. The summed E-state index contributed by atoms with van der Waals surface area (Å²) < 4.78 is 26.9. The average molecular weight is 447 g/mol. The summed E-state index contributed by atoms with van der Waals surface area (Å²) >= 11 is 0. The molecule has 1 aliphatic rings. The van der Waals surface area contributed by atoms with Crippen LogP contribution in [0.25, 0.3) is 0 Å². The first kappa shape index (κ1) is 22.8. The van der Waals surface area contributed by atoms with E-state index in [1.54, 1.807) is 30.3 Å². The van der Waals surface area contributed by atoms with Crippen LogP contribution in [0.1, 0.15) is 41.6 Å². The summed E-state index contributed by atoms with van der Waals surface area (Å²) in [5, 5.41) is 2.94. The third kappa shape index (κ3) is 5.54. The number of hydrogen-bond donors (Lipinski definition) is 1. The second-order valence-electron chi connectivity index (χ2n) is 8.71. The summed E-state index contributed by atoms with van der Waals surface area (Å²) in [6, 6.07) is 17.0. The van der Waals surface area contributed by atoms with E-state index in [-0.39, 0.29) is 28.9 Å². The topological polar surface area (TPSA) is 42.0 Å². The van der Waals surface area contributed by atoms with Crippen molar-refractivity contribution in [3.63, 3.8) is 0 Å². The van der Waals surface area contributed by atoms with Crippen LogP contribution in [0.5, 0.6) is 0 Å². The Labute approximate surface area is 193 Å². The van der Waals surface area contributed by atoms with Crippen LogP contribution in [0, 0.1) is 24.5 Å². The van der Waals surface area contributed by atoms with E-state index in [0.717, 1.165) is 42.5 Å². The number of carbonyl (C=O) groups excluding carboxylic acids is 1. The molecule has 3 nitrogen and oxygen atoms in total. The Morgan fingerprint density at radius 1 is 1.00 bits per heavy atom. The first-order valence-electron chi connectivity index (χ1n) is 11.4. The van der Waals surface area contributed by atoms with Crippen LogP contribution in [-0.4, -0.2) is 17.4 Å². The van der Waals surface area contributed by atoms with Gasteiger partial charge in [0.05, 0.1) is 0 Å². The minimum Gasteiger partial charge on any atom is -0.353 e. The Morgan fingerprint density at radius 2 is 1.64 bits per heavy atom. The number of unbranched alkanes of at least 4 members (excludes halogenated alkanes) is 1. The number of nitrogens with zero attached hydrogens (tertiary/aromatic N) is 1. The van der Waals surface area contributed by atoms with Gasteiger partial charge in [0, 0.05) is 23.9 Å². The third-order valence-corrected chi connectivity index (χ3v) is 6.38. The predicted molar refractivity (Wildman–Crippen MR) is 126 cm³/mol. The van der Waals surface area contributed by atoms with Crippen LogP contribution in [0.3, 0.4) is 0 Å². The SMILES string of the molecule is Cc1ccc(CCCCNC(=O)/C=C/[C@@H]2CC2(c2ccc(F)cc2)c2ccc(F)cc2)cn1. The predicted octanol–water partition coefficient (Wildman–Crippen LogP) is 5.67. The number of aryl methyl sites for hydroxylation is 2. The van der Waals surface area contributed by atoms with Crippen molar-refractivity contribution in [3.8, 4) is 0 Å². The molecule has 5 heteroatoms. The maximum atomic E-state index is 13.5. The first-order valence-corrected chi connectivity index (χ1v) is 11.4. The van der Waals surface area contributed by atoms with Crippen LogP contribution >= 0.6 is 0 Å². The molecule has 1 aromatic heterocycles. The zero-order valence-corrected chi connectivity index (χ0v) is 18.7. The molecule has 0 spiro atoms. The molecule has 1 heterocycles. The van der Waals surface area contributed by atoms with Crippen molar-refractivity contribution >= 4 is 5.91 Å². The van der Waals surface area contributed by atoms with Crippen LogP contribution in [0.4, 0.5) is 8.78 Å². The van der Waals surface area contributed by atoms with Crippen molar-refractivity contribution in [2.75, 3.05) is 6.54 Å². The fraction of sp³-hybridized carbons (Fsp3) is 0.286. The quantitative estimate of drug-likeness (QED) is 0.340. The monoisotopic (exact) mass is 446 g/mol. The molecule has 3 aromatic rings. The van der Waals surface area contributed by atoms with Crippen molar-refractivity contribution in [2.45, 2.75) is 38.0 Å². The number of nitrogens with one attached hydrogen (secondary N) is 1. The van der Waals surface area contributed by atoms with Crippen LogP contribution < -0.4 is 5.32 Å². The average Bonchev–Trinajstić information content (AvgIpc) is 3.55. The molecule has 1 fully saturated rings. The van der Waals surface area contributed by atoms with Gasteiger partial charge in [0.2, 0.25) is 5.91 Å². The largest absolute Gasteiger partial charge is 0.353 e. The normalized spacial score (nSPS) is 16.6. The number of halogens is 2. The number of aromatic nitrogens is 1. The van der Waals surface area contributed by atoms with Gasteiger partial charge in [-0.15, -0.1) is 0 Å². The molecule has 4 rings (SSSR count). The second-order valence-corrected chi connectivity index (χ2v) is 8.71. The smallest absolute Gasteiger partial charge is 0.243 e. The van der Waals surface area contributed by atoms with Crippen LogP contribution in [0.15, 0.2) is 79.0 Å². The van der Waals surface area contributed by atoms with Gasteiger partial charge in [-0.05, 0) is 91.6 Å². The molecule has 0 saturated heterocycles. The number of pyridine rings is 1. The van der Waals surface area contributed by atoms with Gasteiger partial charge in [-0.25, -0.2) is 8.78 Å². The highest BCUT2D eigenvalue weighted by Crippen LogP contribution is 2.59. The van der Waals surface area contributed by atoms with E-state index in [2.05, 4.69) is 16.4 Å². The van der Waals surface area contributed by atoms with Crippen molar-refractivity contribution in [3.05, 3.63) is 113 Å². The molecule has 0 aliphatic heterocycles. The molecule has 1 atom stereocenters. The minimum absolute atomic E-state index is 0.0909. The lowest BCUT2D eigenvalue weighted by Gasteiger charge is -2.18. The summed E-state index contributed by atoms with van der Waals surface area (Å²) in [4.78, 5) is 16.6. The van der Waals surface area contributed by atoms with Gasteiger partial charge in [0.25, 0.3) is 0 Å². The molecular weight excluding hydrogens is 418 g/mol. The van der Waals surface area contributed by atoms with Gasteiger partial charge in [-0.1, -0.05) is 36.4 Å². The second kappa shape index (κ2) is 10.1. The standard InChI is InChI=1S/C28H28F2N2O/c1-20-5-6-21(19-32-20)4-2-3-17-31-27(33)16-11-24-18-28(24,22-7-12-25(29)13-8-22)23-9-14-26(30)15-10-23/h5-16,19,24H,2-4,17-18H2,1H3,(H,31,33)/b16-11+/t24-/m1/s1. The Bertz CT molecular complexity index is 1060. The van der Waals surface area contributed by atoms with Gasteiger partial charge in [0.15, 0.2) is 0 Å². The Morgan fingerprint density at radius 3 is 2.21 bits per heavy atom. The van der Waals surface area contributed by atoms with E-state index >= 15 is 0 Å². The maximum Gasteiger partial charge on any atom is 0.243 e. The molecule has 0 unspecified atom stereocenters. The summed E-state index contributed by atoms with van der Waals surface area (Å²) in [5.41, 5.74) is 3.79. The lowest BCUT2D eigenvalue weighted by atomic mass is 9.85. The zero-order chi connectivity index (χ0) is 23.3. The van der Waals surface area contributed by atoms with Crippen LogP contribution in [0.2, 0.25) is 0 Å². The number of hydrogen-bond acceptors (Lipinski definition) is 2. The molecule has 1 N–H and O–H groups in total. The number of benzene rings is 2. The van der Waals surface area contributed by atoms with E-state index < -0.39 is 0 Å². The number of rotatable bonds is 9. The highest BCUT2D eigenvalue weighted by Gasteiger charge is 2.55. The molecule has 170 valence electrons. The summed E-state index contributed by atoms with van der Waals surface area (Å²) in [7, 11) is 0. The van der Waals surface area contributed by atoms with E-state index in [1.165, 1.54) is 29.8 Å². The minimum atomic E-state index is -0.361. The van der Waals surface area contributed by atoms with E-state index in [9.17, 15) is 13.6 Å². The van der Waals surface area contributed by atoms with Crippen LogP contribution in [-0.2, 0) is 16.6 Å². The van der Waals surface area contributed by atoms with E-state index in [1.807, 2.05) is 25.3 Å². The Balaban J connectivity index is 1.32. The molecule has 1 saturated carbocycles. The molecule has 1 aliphatic carbocycles. The van der Waals surface area contributed by atoms with Gasteiger partial charge in [-0.3, -0.25) is 9.78 Å². The van der Waals surface area contributed by atoms with Crippen molar-refractivity contribution in [1.82, 2.24) is 10.3 Å². The van der Waals surface area contributed by atoms with Gasteiger partial charge in [-0.2, -0.15) is 0 Å². The summed E-state index contributed by atoms with van der Waals surface area (Å²) in [6.07, 6.45) is 9.02.